The molecule has 1 aromatic heterocycles. The fourth-order valence-electron chi connectivity index (χ4n) is 2.08. The minimum Gasteiger partial charge on any atom is -0.393 e. The summed E-state index contributed by atoms with van der Waals surface area (Å²) in [7, 11) is 0. The quantitative estimate of drug-likeness (QED) is 0.915. The van der Waals surface area contributed by atoms with Crippen molar-refractivity contribution in [1.82, 2.24) is 9.78 Å². The number of H-pyrrole nitrogens is 1. The largest absolute Gasteiger partial charge is 0.393 e. The maximum Gasteiger partial charge on any atom is 0.290 e. The molecule has 3 N–H and O–H groups in total. The van der Waals surface area contributed by atoms with Crippen LogP contribution in [0.25, 0.3) is 0 Å². The highest BCUT2D eigenvalue weighted by Crippen LogP contribution is 2.40. The molecule has 2 aromatic rings. The van der Waals surface area contributed by atoms with Gasteiger partial charge in [0.15, 0.2) is 0 Å². The molecule has 0 saturated heterocycles. The number of aromatic amines is 1. The lowest BCUT2D eigenvalue weighted by Gasteiger charge is -2.02. The summed E-state index contributed by atoms with van der Waals surface area (Å²) in [5, 5.41) is 3.14. The van der Waals surface area contributed by atoms with Crippen LogP contribution in [0.4, 0.5) is 5.69 Å². The van der Waals surface area contributed by atoms with Crippen molar-refractivity contribution in [3.8, 4) is 0 Å². The molecule has 1 aliphatic carbocycles. The van der Waals surface area contributed by atoms with Crippen LogP contribution >= 0.6 is 15.9 Å². The first-order chi connectivity index (χ1) is 8.65. The van der Waals surface area contributed by atoms with E-state index in [4.69, 9.17) is 5.73 Å². The summed E-state index contributed by atoms with van der Waals surface area (Å²) < 4.78 is 2.62. The van der Waals surface area contributed by atoms with Crippen molar-refractivity contribution in [2.75, 3.05) is 5.73 Å². The zero-order valence-corrected chi connectivity index (χ0v) is 11.4. The van der Waals surface area contributed by atoms with Crippen molar-refractivity contribution < 1.29 is 0 Å². The maximum atomic E-state index is 12.0. The number of nitrogen functional groups attached to an aromatic ring is 1. The molecule has 0 unspecified atom stereocenters. The van der Waals surface area contributed by atoms with E-state index in [1.54, 1.807) is 4.68 Å². The zero-order valence-electron chi connectivity index (χ0n) is 9.82. The average molecular weight is 308 g/mol. The van der Waals surface area contributed by atoms with Gasteiger partial charge in [-0.3, -0.25) is 9.89 Å². The Labute approximate surface area is 113 Å². The minimum atomic E-state index is -0.111. The molecule has 94 valence electrons. The van der Waals surface area contributed by atoms with E-state index in [9.17, 15) is 4.79 Å². The van der Waals surface area contributed by atoms with Crippen molar-refractivity contribution >= 4 is 21.6 Å². The van der Waals surface area contributed by atoms with Gasteiger partial charge in [-0.1, -0.05) is 28.1 Å². The molecule has 0 bridgehead atoms. The summed E-state index contributed by atoms with van der Waals surface area (Å²) in [4.78, 5) is 12.0. The van der Waals surface area contributed by atoms with E-state index in [1.165, 1.54) is 0 Å². The van der Waals surface area contributed by atoms with Crippen LogP contribution < -0.4 is 11.3 Å². The Morgan fingerprint density at radius 3 is 2.61 bits per heavy atom. The van der Waals surface area contributed by atoms with Gasteiger partial charge in [0.2, 0.25) is 0 Å². The number of anilines is 1. The van der Waals surface area contributed by atoms with Gasteiger partial charge in [-0.2, -0.15) is 0 Å². The lowest BCUT2D eigenvalue weighted by Crippen LogP contribution is -2.19. The van der Waals surface area contributed by atoms with Crippen molar-refractivity contribution in [1.29, 1.82) is 0 Å². The van der Waals surface area contributed by atoms with Crippen LogP contribution in [0.1, 0.15) is 30.0 Å². The van der Waals surface area contributed by atoms with Crippen LogP contribution in [0, 0.1) is 0 Å². The van der Waals surface area contributed by atoms with Crippen LogP contribution in [0.5, 0.6) is 0 Å². The normalized spacial score (nSPS) is 14.9. The molecule has 4 nitrogen and oxygen atoms in total. The van der Waals surface area contributed by atoms with Gasteiger partial charge in [0, 0.05) is 10.4 Å². The summed E-state index contributed by atoms with van der Waals surface area (Å²) in [6.07, 6.45) is 2.25. The van der Waals surface area contributed by atoms with Gasteiger partial charge in [0.25, 0.3) is 5.56 Å². The first-order valence-electron chi connectivity index (χ1n) is 5.98. The lowest BCUT2D eigenvalue weighted by molar-refractivity contribution is 0.652. The second-order valence-electron chi connectivity index (χ2n) is 4.73. The summed E-state index contributed by atoms with van der Waals surface area (Å²) in [5.74, 6) is 0.462. The predicted octanol–water partition coefficient (Wildman–Crippen LogP) is 2.45. The highest BCUT2D eigenvalue weighted by atomic mass is 79.9. The van der Waals surface area contributed by atoms with E-state index in [2.05, 4.69) is 21.0 Å². The highest BCUT2D eigenvalue weighted by molar-refractivity contribution is 9.10. The van der Waals surface area contributed by atoms with Gasteiger partial charge in [0.05, 0.1) is 12.2 Å². The van der Waals surface area contributed by atoms with Crippen LogP contribution in [0.15, 0.2) is 33.5 Å². The molecular weight excluding hydrogens is 294 g/mol. The Kier molecular flexibility index (Phi) is 2.78. The second-order valence-corrected chi connectivity index (χ2v) is 5.65. The molecule has 0 spiro atoms. The lowest BCUT2D eigenvalue weighted by atomic mass is 10.2. The Morgan fingerprint density at radius 1 is 1.33 bits per heavy atom. The van der Waals surface area contributed by atoms with Gasteiger partial charge in [-0.25, -0.2) is 4.68 Å². The fraction of sp³-hybridized carbons (Fsp3) is 0.308. The number of hydrogen-bond acceptors (Lipinski definition) is 2. The first-order valence-corrected chi connectivity index (χ1v) is 6.77. The summed E-state index contributed by atoms with van der Waals surface area (Å²) in [5.41, 5.74) is 8.11. The molecular formula is C13H14BrN3O. The number of nitrogens with two attached hydrogens (primary N) is 1. The van der Waals surface area contributed by atoms with E-state index in [1.807, 2.05) is 24.3 Å². The number of nitrogens with one attached hydrogen (secondary N) is 1. The van der Waals surface area contributed by atoms with E-state index >= 15 is 0 Å². The summed E-state index contributed by atoms with van der Waals surface area (Å²) in [6.45, 7) is 0.531. The number of benzene rings is 1. The van der Waals surface area contributed by atoms with Gasteiger partial charge >= 0.3 is 0 Å². The Morgan fingerprint density at radius 2 is 2.00 bits per heavy atom. The second kappa shape index (κ2) is 4.31. The molecule has 0 aliphatic heterocycles. The van der Waals surface area contributed by atoms with Crippen LogP contribution in [0.3, 0.4) is 0 Å². The van der Waals surface area contributed by atoms with Gasteiger partial charge < -0.3 is 5.73 Å². The highest BCUT2D eigenvalue weighted by Gasteiger charge is 2.29. The molecule has 3 rings (SSSR count). The van der Waals surface area contributed by atoms with E-state index in [0.29, 0.717) is 18.2 Å². The van der Waals surface area contributed by atoms with Gasteiger partial charge in [0.1, 0.15) is 5.69 Å². The molecule has 1 heterocycles. The third-order valence-corrected chi connectivity index (χ3v) is 3.79. The number of rotatable bonds is 3. The molecule has 1 aromatic carbocycles. The molecule has 18 heavy (non-hydrogen) atoms. The van der Waals surface area contributed by atoms with Gasteiger partial charge in [-0.05, 0) is 30.5 Å². The zero-order chi connectivity index (χ0) is 12.7. The summed E-state index contributed by atoms with van der Waals surface area (Å²) >= 11 is 3.39. The van der Waals surface area contributed by atoms with Crippen molar-refractivity contribution in [2.45, 2.75) is 25.3 Å². The van der Waals surface area contributed by atoms with E-state index in [0.717, 1.165) is 28.6 Å². The maximum absolute atomic E-state index is 12.0. The Hall–Kier alpha value is -1.49. The number of aromatic nitrogens is 2. The smallest absolute Gasteiger partial charge is 0.290 e. The Bertz CT molecular complexity index is 623. The molecule has 5 heteroatoms. The third kappa shape index (κ3) is 2.10. The van der Waals surface area contributed by atoms with Crippen molar-refractivity contribution in [2.24, 2.45) is 0 Å². The number of nitrogens with zero attached hydrogens (tertiary/aromatic N) is 1. The number of halogens is 1. The monoisotopic (exact) mass is 307 g/mol. The topological polar surface area (TPSA) is 63.8 Å². The van der Waals surface area contributed by atoms with Crippen molar-refractivity contribution in [3.05, 3.63) is 50.3 Å². The molecule has 0 atom stereocenters. The molecule has 1 fully saturated rings. The van der Waals surface area contributed by atoms with Gasteiger partial charge in [-0.15, -0.1) is 0 Å². The number of hydrogen-bond donors (Lipinski definition) is 2. The third-order valence-electron chi connectivity index (χ3n) is 3.26. The molecule has 1 saturated carbocycles. The Balaban J connectivity index is 1.90. The van der Waals surface area contributed by atoms with Crippen molar-refractivity contribution in [3.63, 3.8) is 0 Å². The predicted molar refractivity (Wildman–Crippen MR) is 74.7 cm³/mol. The molecule has 0 radical (unpaired) electrons. The fourth-order valence-corrected chi connectivity index (χ4v) is 2.35. The van der Waals surface area contributed by atoms with Crippen LogP contribution in [-0.4, -0.2) is 9.78 Å². The molecule has 0 amide bonds. The van der Waals surface area contributed by atoms with E-state index < -0.39 is 0 Å². The summed E-state index contributed by atoms with van der Waals surface area (Å²) in [6, 6.07) is 7.91. The first kappa shape index (κ1) is 11.6. The SMILES string of the molecule is Nc1c(C2CC2)[nH]n(Cc2ccc(Br)cc2)c1=O. The van der Waals surface area contributed by atoms with Crippen LogP contribution in [0.2, 0.25) is 0 Å². The van der Waals surface area contributed by atoms with Crippen LogP contribution in [-0.2, 0) is 6.54 Å². The average Bonchev–Trinajstić information content (AvgIpc) is 3.15. The molecule has 1 aliphatic rings. The standard InChI is InChI=1S/C13H14BrN3O/c14-10-5-1-8(2-6-10)7-17-13(18)11(15)12(16-17)9-3-4-9/h1-2,5-6,9,16H,3-4,7,15H2. The van der Waals surface area contributed by atoms with E-state index in [-0.39, 0.29) is 5.56 Å². The minimum absolute atomic E-state index is 0.111.